The third-order valence-electron chi connectivity index (χ3n) is 4.59. The van der Waals surface area contributed by atoms with Gasteiger partial charge in [-0.3, -0.25) is 4.79 Å². The number of anilines is 1. The van der Waals surface area contributed by atoms with Crippen LogP contribution in [0.3, 0.4) is 0 Å². The summed E-state index contributed by atoms with van der Waals surface area (Å²) >= 11 is 0. The summed E-state index contributed by atoms with van der Waals surface area (Å²) < 4.78 is 5.36. The maximum absolute atomic E-state index is 12.7. The summed E-state index contributed by atoms with van der Waals surface area (Å²) in [5, 5.41) is 4.14. The molecule has 2 heterocycles. The van der Waals surface area contributed by atoms with Crippen LogP contribution in [-0.4, -0.2) is 34.0 Å². The van der Waals surface area contributed by atoms with Crippen LogP contribution in [0.15, 0.2) is 28.8 Å². The molecule has 1 amide bonds. The lowest BCUT2D eigenvalue weighted by Crippen LogP contribution is -2.39. The largest absolute Gasteiger partial charge is 0.399 e. The van der Waals surface area contributed by atoms with Gasteiger partial charge in [-0.2, -0.15) is 4.98 Å². The first kappa shape index (κ1) is 14.2. The van der Waals surface area contributed by atoms with Crippen molar-refractivity contribution in [2.45, 2.75) is 37.5 Å². The minimum absolute atomic E-state index is 0.0212. The SMILES string of the molecule is Nc1cccc(C(=O)N2CCCC(c3noc(C4CC4)n3)C2)c1. The lowest BCUT2D eigenvalue weighted by Gasteiger charge is -2.31. The van der Waals surface area contributed by atoms with E-state index < -0.39 is 0 Å². The zero-order valence-electron chi connectivity index (χ0n) is 12.9. The van der Waals surface area contributed by atoms with Crippen LogP contribution in [0.25, 0.3) is 0 Å². The Morgan fingerprint density at radius 2 is 2.13 bits per heavy atom. The Morgan fingerprint density at radius 3 is 2.91 bits per heavy atom. The molecule has 1 aliphatic heterocycles. The van der Waals surface area contributed by atoms with Gasteiger partial charge in [-0.15, -0.1) is 0 Å². The minimum Gasteiger partial charge on any atom is -0.399 e. The molecule has 2 fully saturated rings. The fourth-order valence-electron chi connectivity index (χ4n) is 3.14. The highest BCUT2D eigenvalue weighted by Gasteiger charge is 2.33. The molecule has 2 N–H and O–H groups in total. The zero-order chi connectivity index (χ0) is 15.8. The van der Waals surface area contributed by atoms with Gasteiger partial charge in [0.15, 0.2) is 5.82 Å². The van der Waals surface area contributed by atoms with Crippen molar-refractivity contribution >= 4 is 11.6 Å². The van der Waals surface area contributed by atoms with E-state index in [-0.39, 0.29) is 11.8 Å². The standard InChI is InChI=1S/C17H20N4O2/c18-14-5-1-3-12(9-14)17(22)21-8-2-4-13(10-21)15-19-16(23-20-15)11-6-7-11/h1,3,5,9,11,13H,2,4,6-8,10,18H2. The third kappa shape index (κ3) is 2.93. The van der Waals surface area contributed by atoms with Gasteiger partial charge < -0.3 is 15.2 Å². The third-order valence-corrected chi connectivity index (χ3v) is 4.59. The van der Waals surface area contributed by atoms with Crippen molar-refractivity contribution < 1.29 is 9.32 Å². The molecule has 2 aromatic rings. The number of amides is 1. The molecule has 1 saturated carbocycles. The summed E-state index contributed by atoms with van der Waals surface area (Å²) in [6, 6.07) is 7.13. The molecule has 1 aromatic carbocycles. The molecule has 0 radical (unpaired) electrons. The summed E-state index contributed by atoms with van der Waals surface area (Å²) in [7, 11) is 0. The number of likely N-dealkylation sites (tertiary alicyclic amines) is 1. The average Bonchev–Trinajstić information content (AvgIpc) is 3.31. The van der Waals surface area contributed by atoms with Crippen molar-refractivity contribution in [2.75, 3.05) is 18.8 Å². The molecule has 0 bridgehead atoms. The Hall–Kier alpha value is -2.37. The number of rotatable bonds is 3. The van der Waals surface area contributed by atoms with Gasteiger partial charge in [0.25, 0.3) is 5.91 Å². The Labute approximate surface area is 134 Å². The van der Waals surface area contributed by atoms with E-state index in [1.54, 1.807) is 12.1 Å². The molecule has 6 heteroatoms. The highest BCUT2D eigenvalue weighted by Crippen LogP contribution is 2.39. The van der Waals surface area contributed by atoms with Gasteiger partial charge in [-0.05, 0) is 43.9 Å². The quantitative estimate of drug-likeness (QED) is 0.880. The second-order valence-electron chi connectivity index (χ2n) is 6.48. The molecular formula is C17H20N4O2. The Morgan fingerprint density at radius 1 is 1.26 bits per heavy atom. The fraction of sp³-hybridized carbons (Fsp3) is 0.471. The smallest absolute Gasteiger partial charge is 0.253 e. The van der Waals surface area contributed by atoms with E-state index in [1.165, 1.54) is 0 Å². The number of carbonyl (C=O) groups is 1. The molecule has 1 aliphatic carbocycles. The molecular weight excluding hydrogens is 292 g/mol. The highest BCUT2D eigenvalue weighted by atomic mass is 16.5. The van der Waals surface area contributed by atoms with Crippen LogP contribution in [-0.2, 0) is 0 Å². The van der Waals surface area contributed by atoms with E-state index in [9.17, 15) is 4.79 Å². The second kappa shape index (κ2) is 5.68. The summed E-state index contributed by atoms with van der Waals surface area (Å²) in [4.78, 5) is 19.1. The number of aromatic nitrogens is 2. The summed E-state index contributed by atoms with van der Waals surface area (Å²) in [6.45, 7) is 1.40. The number of piperidine rings is 1. The van der Waals surface area contributed by atoms with Crippen LogP contribution >= 0.6 is 0 Å². The molecule has 120 valence electrons. The van der Waals surface area contributed by atoms with E-state index >= 15 is 0 Å². The number of nitrogen functional groups attached to an aromatic ring is 1. The fourth-order valence-corrected chi connectivity index (χ4v) is 3.14. The van der Waals surface area contributed by atoms with Crippen LogP contribution in [0.4, 0.5) is 5.69 Å². The molecule has 1 saturated heterocycles. The molecule has 6 nitrogen and oxygen atoms in total. The van der Waals surface area contributed by atoms with E-state index in [0.29, 0.717) is 23.7 Å². The van der Waals surface area contributed by atoms with Crippen molar-refractivity contribution in [1.82, 2.24) is 15.0 Å². The van der Waals surface area contributed by atoms with Crippen molar-refractivity contribution in [3.8, 4) is 0 Å². The number of carbonyl (C=O) groups excluding carboxylic acids is 1. The molecule has 23 heavy (non-hydrogen) atoms. The first-order chi connectivity index (χ1) is 11.2. The summed E-state index contributed by atoms with van der Waals surface area (Å²) in [5.74, 6) is 2.15. The van der Waals surface area contributed by atoms with Gasteiger partial charge in [0, 0.05) is 36.2 Å². The Balaban J connectivity index is 1.48. The normalized spacial score (nSPS) is 21.4. The lowest BCUT2D eigenvalue weighted by atomic mass is 9.96. The number of hydrogen-bond donors (Lipinski definition) is 1. The predicted molar refractivity (Wildman–Crippen MR) is 85.0 cm³/mol. The summed E-state index contributed by atoms with van der Waals surface area (Å²) in [5.41, 5.74) is 7.02. The van der Waals surface area contributed by atoms with Gasteiger partial charge in [0.1, 0.15) is 0 Å². The lowest BCUT2D eigenvalue weighted by molar-refractivity contribution is 0.0703. The maximum Gasteiger partial charge on any atom is 0.253 e. The Kier molecular flexibility index (Phi) is 3.52. The van der Waals surface area contributed by atoms with Crippen molar-refractivity contribution in [1.29, 1.82) is 0 Å². The van der Waals surface area contributed by atoms with Gasteiger partial charge in [-0.25, -0.2) is 0 Å². The molecule has 1 atom stereocenters. The Bertz CT molecular complexity index is 723. The first-order valence-corrected chi connectivity index (χ1v) is 8.19. The zero-order valence-corrected chi connectivity index (χ0v) is 12.9. The molecule has 2 aliphatic rings. The van der Waals surface area contributed by atoms with Gasteiger partial charge >= 0.3 is 0 Å². The highest BCUT2D eigenvalue weighted by molar-refractivity contribution is 5.95. The van der Waals surface area contributed by atoms with E-state index in [0.717, 1.165) is 43.9 Å². The molecule has 1 unspecified atom stereocenters. The van der Waals surface area contributed by atoms with Crippen LogP contribution in [0.5, 0.6) is 0 Å². The topological polar surface area (TPSA) is 85.3 Å². The predicted octanol–water partition coefficient (Wildman–Crippen LogP) is 2.55. The van der Waals surface area contributed by atoms with E-state index in [4.69, 9.17) is 10.3 Å². The molecule has 1 aromatic heterocycles. The van der Waals surface area contributed by atoms with E-state index in [1.807, 2.05) is 17.0 Å². The second-order valence-corrected chi connectivity index (χ2v) is 6.48. The van der Waals surface area contributed by atoms with Gasteiger partial charge in [0.05, 0.1) is 0 Å². The summed E-state index contributed by atoms with van der Waals surface area (Å²) in [6.07, 6.45) is 4.23. The molecule has 0 spiro atoms. The number of hydrogen-bond acceptors (Lipinski definition) is 5. The van der Waals surface area contributed by atoms with Crippen molar-refractivity contribution in [3.05, 3.63) is 41.5 Å². The van der Waals surface area contributed by atoms with Gasteiger partial charge in [0.2, 0.25) is 5.89 Å². The van der Waals surface area contributed by atoms with Crippen LogP contribution in [0.1, 0.15) is 59.6 Å². The monoisotopic (exact) mass is 312 g/mol. The average molecular weight is 312 g/mol. The van der Waals surface area contributed by atoms with Crippen LogP contribution in [0, 0.1) is 0 Å². The van der Waals surface area contributed by atoms with Gasteiger partial charge in [-0.1, -0.05) is 11.2 Å². The maximum atomic E-state index is 12.7. The van der Waals surface area contributed by atoms with Crippen LogP contribution < -0.4 is 5.73 Å². The number of nitrogens with two attached hydrogens (primary N) is 1. The van der Waals surface area contributed by atoms with E-state index in [2.05, 4.69) is 10.1 Å². The number of nitrogens with zero attached hydrogens (tertiary/aromatic N) is 3. The van der Waals surface area contributed by atoms with Crippen molar-refractivity contribution in [2.24, 2.45) is 0 Å². The first-order valence-electron chi connectivity index (χ1n) is 8.19. The van der Waals surface area contributed by atoms with Crippen LogP contribution in [0.2, 0.25) is 0 Å². The van der Waals surface area contributed by atoms with Crippen molar-refractivity contribution in [3.63, 3.8) is 0 Å². The minimum atomic E-state index is 0.0212. The number of benzene rings is 1. The molecule has 4 rings (SSSR count).